The lowest BCUT2D eigenvalue weighted by Gasteiger charge is -2.01. The summed E-state index contributed by atoms with van der Waals surface area (Å²) in [6.07, 6.45) is 15.1. The van der Waals surface area contributed by atoms with Gasteiger partial charge in [-0.25, -0.2) is 4.79 Å². The van der Waals surface area contributed by atoms with E-state index in [1.54, 1.807) is 6.07 Å². The van der Waals surface area contributed by atoms with E-state index >= 15 is 0 Å². The molecule has 0 saturated heterocycles. The lowest BCUT2D eigenvalue weighted by molar-refractivity contribution is -0.140. The third-order valence-corrected chi connectivity index (χ3v) is 4.89. The van der Waals surface area contributed by atoms with Crippen LogP contribution in [0.2, 0.25) is 0 Å². The molecule has 1 aromatic rings. The lowest BCUT2D eigenvalue weighted by Crippen LogP contribution is -1.99. The topological polar surface area (TPSA) is 63.6 Å². The first kappa shape index (κ1) is 20.4. The minimum Gasteiger partial charge on any atom is -0.477 e. The molecule has 134 valence electrons. The number of aromatic carboxylic acids is 1. The molecule has 0 spiro atoms. The summed E-state index contributed by atoms with van der Waals surface area (Å²) in [4.78, 5) is 23.1. The molecule has 0 atom stereocenters. The summed E-state index contributed by atoms with van der Waals surface area (Å²) in [5.41, 5.74) is 0. The van der Waals surface area contributed by atoms with Crippen molar-refractivity contribution >= 4 is 29.4 Å². The first-order valence-corrected chi connectivity index (χ1v) is 9.51. The highest BCUT2D eigenvalue weighted by Crippen LogP contribution is 2.18. The van der Waals surface area contributed by atoms with E-state index in [0.717, 1.165) is 24.1 Å². The number of rotatable bonds is 13. The average molecular weight is 352 g/mol. The van der Waals surface area contributed by atoms with Gasteiger partial charge < -0.3 is 9.84 Å². The molecular formula is C19H28O4S. The fourth-order valence-corrected chi connectivity index (χ4v) is 3.23. The molecule has 0 aliphatic heterocycles. The number of carbonyl (C=O) groups is 2. The number of thiophene rings is 1. The van der Waals surface area contributed by atoms with Gasteiger partial charge in [0.25, 0.3) is 0 Å². The van der Waals surface area contributed by atoms with Gasteiger partial charge in [-0.05, 0) is 37.5 Å². The highest BCUT2D eigenvalue weighted by molar-refractivity contribution is 7.14. The van der Waals surface area contributed by atoms with Crippen LogP contribution >= 0.6 is 11.3 Å². The van der Waals surface area contributed by atoms with Crippen LogP contribution in [0.1, 0.15) is 78.8 Å². The molecule has 0 bridgehead atoms. The zero-order valence-electron chi connectivity index (χ0n) is 14.5. The number of unbranched alkanes of at least 4 members (excludes halogenated alkanes) is 8. The standard InChI is InChI=1S/C19H28O4S/c1-23-18(20)13-11-9-7-5-3-2-4-6-8-10-12-16-14-15-17(24-16)19(21)22/h10,12,14-15H,2-9,11,13H2,1H3,(H,21,22). The van der Waals surface area contributed by atoms with Gasteiger partial charge in [-0.2, -0.15) is 0 Å². The Morgan fingerprint density at radius 2 is 1.67 bits per heavy atom. The number of methoxy groups -OCH3 is 1. The second-order valence-corrected chi connectivity index (χ2v) is 6.97. The molecule has 0 fully saturated rings. The summed E-state index contributed by atoms with van der Waals surface area (Å²) in [5, 5.41) is 8.86. The minimum atomic E-state index is -0.857. The van der Waals surface area contributed by atoms with E-state index in [9.17, 15) is 9.59 Å². The van der Waals surface area contributed by atoms with Crippen molar-refractivity contribution < 1.29 is 19.4 Å². The van der Waals surface area contributed by atoms with Crippen LogP contribution in [0.15, 0.2) is 18.2 Å². The van der Waals surface area contributed by atoms with Crippen molar-refractivity contribution in [2.45, 2.75) is 64.2 Å². The molecule has 0 aliphatic rings. The summed E-state index contributed by atoms with van der Waals surface area (Å²) < 4.78 is 4.61. The zero-order valence-corrected chi connectivity index (χ0v) is 15.3. The van der Waals surface area contributed by atoms with E-state index in [-0.39, 0.29) is 5.97 Å². The van der Waals surface area contributed by atoms with Crippen LogP contribution in [0.25, 0.3) is 6.08 Å². The van der Waals surface area contributed by atoms with Crippen molar-refractivity contribution in [3.8, 4) is 0 Å². The largest absolute Gasteiger partial charge is 0.477 e. The van der Waals surface area contributed by atoms with E-state index in [4.69, 9.17) is 5.11 Å². The summed E-state index contributed by atoms with van der Waals surface area (Å²) in [7, 11) is 1.44. The molecule has 0 saturated carbocycles. The average Bonchev–Trinajstić information content (AvgIpc) is 3.04. The van der Waals surface area contributed by atoms with Crippen molar-refractivity contribution in [2.24, 2.45) is 0 Å². The molecule has 4 nitrogen and oxygen atoms in total. The number of hydrogen-bond donors (Lipinski definition) is 1. The number of carboxylic acid groups (broad SMARTS) is 1. The van der Waals surface area contributed by atoms with Crippen LogP contribution < -0.4 is 0 Å². The molecule has 0 radical (unpaired) electrons. The molecule has 1 rings (SSSR count). The predicted molar refractivity (Wildman–Crippen MR) is 98.5 cm³/mol. The Morgan fingerprint density at radius 1 is 1.04 bits per heavy atom. The Kier molecular flexibility index (Phi) is 10.9. The van der Waals surface area contributed by atoms with Gasteiger partial charge >= 0.3 is 11.9 Å². The van der Waals surface area contributed by atoms with E-state index in [2.05, 4.69) is 10.8 Å². The minimum absolute atomic E-state index is 0.107. The number of hydrogen-bond acceptors (Lipinski definition) is 4. The van der Waals surface area contributed by atoms with Gasteiger partial charge in [0.1, 0.15) is 4.88 Å². The number of carbonyl (C=O) groups excluding carboxylic acids is 1. The van der Waals surface area contributed by atoms with Crippen molar-refractivity contribution in [1.29, 1.82) is 0 Å². The van der Waals surface area contributed by atoms with Crippen LogP contribution in [0, 0.1) is 0 Å². The summed E-state index contributed by atoms with van der Waals surface area (Å²) in [6, 6.07) is 3.50. The van der Waals surface area contributed by atoms with Crippen molar-refractivity contribution in [2.75, 3.05) is 7.11 Å². The fraction of sp³-hybridized carbons (Fsp3) is 0.579. The van der Waals surface area contributed by atoms with E-state index in [1.165, 1.54) is 57.0 Å². The van der Waals surface area contributed by atoms with Crippen molar-refractivity contribution in [3.63, 3.8) is 0 Å². The van der Waals surface area contributed by atoms with E-state index < -0.39 is 5.97 Å². The first-order valence-electron chi connectivity index (χ1n) is 8.70. The molecule has 24 heavy (non-hydrogen) atoms. The maximum Gasteiger partial charge on any atom is 0.345 e. The smallest absolute Gasteiger partial charge is 0.345 e. The molecule has 0 aromatic carbocycles. The van der Waals surface area contributed by atoms with Crippen LogP contribution in [0.4, 0.5) is 0 Å². The Bertz CT molecular complexity index is 519. The predicted octanol–water partition coefficient (Wildman–Crippen LogP) is 5.53. The summed E-state index contributed by atoms with van der Waals surface area (Å²) in [5.74, 6) is -0.963. The number of carboxylic acids is 1. The molecular weight excluding hydrogens is 324 g/mol. The Morgan fingerprint density at radius 3 is 2.25 bits per heavy atom. The molecule has 5 heteroatoms. The monoisotopic (exact) mass is 352 g/mol. The molecule has 1 heterocycles. The van der Waals surface area contributed by atoms with Crippen LogP contribution in [0.5, 0.6) is 0 Å². The normalized spacial score (nSPS) is 11.0. The SMILES string of the molecule is COC(=O)CCCCCCCCCCC=Cc1ccc(C(=O)O)s1. The lowest BCUT2D eigenvalue weighted by atomic mass is 10.1. The number of allylic oxidation sites excluding steroid dienone is 1. The molecule has 1 N–H and O–H groups in total. The second kappa shape index (κ2) is 12.8. The first-order chi connectivity index (χ1) is 11.6. The highest BCUT2D eigenvalue weighted by atomic mass is 32.1. The number of ether oxygens (including phenoxy) is 1. The Hall–Kier alpha value is -1.62. The van der Waals surface area contributed by atoms with Crippen molar-refractivity contribution in [1.82, 2.24) is 0 Å². The van der Waals surface area contributed by atoms with Gasteiger partial charge in [0, 0.05) is 11.3 Å². The van der Waals surface area contributed by atoms with Gasteiger partial charge in [-0.3, -0.25) is 4.79 Å². The summed E-state index contributed by atoms with van der Waals surface area (Å²) >= 11 is 1.31. The van der Waals surface area contributed by atoms with Gasteiger partial charge in [0.15, 0.2) is 0 Å². The maximum absolute atomic E-state index is 10.9. The Labute approximate surface area is 148 Å². The third-order valence-electron chi connectivity index (χ3n) is 3.85. The fourth-order valence-electron chi connectivity index (χ4n) is 2.45. The molecule has 0 unspecified atom stereocenters. The van der Waals surface area contributed by atoms with Crippen LogP contribution in [-0.2, 0) is 9.53 Å². The van der Waals surface area contributed by atoms with Crippen LogP contribution in [-0.4, -0.2) is 24.2 Å². The highest BCUT2D eigenvalue weighted by Gasteiger charge is 2.04. The second-order valence-electron chi connectivity index (χ2n) is 5.85. The van der Waals surface area contributed by atoms with E-state index in [1.807, 2.05) is 12.1 Å². The molecule has 0 aliphatic carbocycles. The quantitative estimate of drug-likeness (QED) is 0.374. The van der Waals surface area contributed by atoms with Gasteiger partial charge in [-0.1, -0.05) is 44.6 Å². The molecule has 0 amide bonds. The van der Waals surface area contributed by atoms with Gasteiger partial charge in [-0.15, -0.1) is 11.3 Å². The zero-order chi connectivity index (χ0) is 17.6. The molecule has 1 aromatic heterocycles. The Balaban J connectivity index is 1.92. The van der Waals surface area contributed by atoms with Crippen LogP contribution in [0.3, 0.4) is 0 Å². The van der Waals surface area contributed by atoms with E-state index in [0.29, 0.717) is 11.3 Å². The summed E-state index contributed by atoms with van der Waals surface area (Å²) in [6.45, 7) is 0. The van der Waals surface area contributed by atoms with Gasteiger partial charge in [0.2, 0.25) is 0 Å². The number of esters is 1. The van der Waals surface area contributed by atoms with Crippen molar-refractivity contribution in [3.05, 3.63) is 28.0 Å². The van der Waals surface area contributed by atoms with Gasteiger partial charge in [0.05, 0.1) is 7.11 Å². The maximum atomic E-state index is 10.9. The third kappa shape index (κ3) is 9.50.